The summed E-state index contributed by atoms with van der Waals surface area (Å²) < 4.78 is 0. The van der Waals surface area contributed by atoms with Crippen LogP contribution in [0.25, 0.3) is 22.3 Å². The molecule has 1 aliphatic carbocycles. The van der Waals surface area contributed by atoms with Gasteiger partial charge in [0.15, 0.2) is 0 Å². The Morgan fingerprint density at radius 2 is 0.787 bits per heavy atom. The average Bonchev–Trinajstić information content (AvgIpc) is 1.71. The fourth-order valence-electron chi connectivity index (χ4n) is 14.3. The van der Waals surface area contributed by atoms with Crippen LogP contribution < -0.4 is 31.1 Å². The summed E-state index contributed by atoms with van der Waals surface area (Å²) in [5, 5.41) is 0. The number of hydrogen-bond donors (Lipinski definition) is 0. The molecule has 0 aromatic heterocycles. The van der Waals surface area contributed by atoms with Crippen molar-refractivity contribution in [3.63, 3.8) is 0 Å². The first-order valence-electron chi connectivity index (χ1n) is 29.4. The van der Waals surface area contributed by atoms with Crippen molar-refractivity contribution in [3.8, 4) is 22.3 Å². The van der Waals surface area contributed by atoms with Crippen molar-refractivity contribution in [2.75, 3.05) is 14.7 Å². The number of aryl methyl sites for hydroxylation is 1. The van der Waals surface area contributed by atoms with Gasteiger partial charge in [0.1, 0.15) is 0 Å². The van der Waals surface area contributed by atoms with E-state index in [4.69, 9.17) is 0 Å². The van der Waals surface area contributed by atoms with Gasteiger partial charge in [0.25, 0.3) is 6.71 Å². The lowest BCUT2D eigenvalue weighted by Gasteiger charge is -2.52. The molecule has 3 heterocycles. The summed E-state index contributed by atoms with van der Waals surface area (Å²) >= 11 is 0. The summed E-state index contributed by atoms with van der Waals surface area (Å²) in [6.45, 7) is 33.3. The highest BCUT2D eigenvalue weighted by Gasteiger charge is 2.60. The van der Waals surface area contributed by atoms with Gasteiger partial charge in [0, 0.05) is 50.7 Å². The van der Waals surface area contributed by atoms with Crippen LogP contribution in [0.4, 0.5) is 45.5 Å². The van der Waals surface area contributed by atoms with Crippen LogP contribution in [0.1, 0.15) is 142 Å². The van der Waals surface area contributed by atoms with Crippen LogP contribution in [-0.2, 0) is 39.0 Å². The number of rotatable bonds is 5. The Morgan fingerprint density at radius 3 is 1.26 bits per heavy atom. The lowest BCUT2D eigenvalue weighted by atomic mass is 9.33. The summed E-state index contributed by atoms with van der Waals surface area (Å²) in [6, 6.07) is 75.8. The lowest BCUT2D eigenvalue weighted by molar-refractivity contribution is 0.245. The van der Waals surface area contributed by atoms with Gasteiger partial charge in [-0.3, -0.25) is 0 Å². The Balaban J connectivity index is 1.22. The van der Waals surface area contributed by atoms with E-state index >= 15 is 0 Å². The normalized spacial score (nSPS) is 18.3. The van der Waals surface area contributed by atoms with E-state index in [0.717, 1.165) is 12.8 Å². The maximum Gasteiger partial charge on any atom is 0.252 e. The number of nitrogens with zero attached hydrogens (tertiary/aromatic N) is 3. The molecule has 0 saturated heterocycles. The lowest BCUT2D eigenvalue weighted by Crippen LogP contribution is -2.61. The third-order valence-corrected chi connectivity index (χ3v) is 19.1. The quantitative estimate of drug-likeness (QED) is 0.159. The zero-order valence-electron chi connectivity index (χ0n) is 49.8. The molecule has 0 fully saturated rings. The molecule has 0 N–H and O–H groups in total. The monoisotopic (exact) mass is 1040 g/mol. The SMILES string of the molecule is CC(C)(C)c1ccc(N2c3cc(C(C)(C)C)ccc3B3c4ccc(C(C)(C)C)cc4N(c4ccc(C(C)(C)C)cc4-c4ccccc4)c4cc(N5c6ccccc6C6(C)CCc7ccccc7C56C)cc2c43)c(-c2ccccc2)c1. The Labute approximate surface area is 478 Å². The second-order valence-corrected chi connectivity index (χ2v) is 28.2. The molecule has 0 saturated carbocycles. The molecule has 400 valence electrons. The predicted octanol–water partition coefficient (Wildman–Crippen LogP) is 18.6. The van der Waals surface area contributed by atoms with E-state index in [1.54, 1.807) is 0 Å². The first kappa shape index (κ1) is 51.9. The molecule has 0 amide bonds. The zero-order chi connectivity index (χ0) is 56.1. The highest BCUT2D eigenvalue weighted by molar-refractivity contribution is 7.00. The van der Waals surface area contributed by atoms with Gasteiger partial charge in [-0.1, -0.05) is 230 Å². The second kappa shape index (κ2) is 18.0. The van der Waals surface area contributed by atoms with Crippen LogP contribution in [0.15, 0.2) is 194 Å². The molecule has 2 atom stereocenters. The molecular weight excluding hydrogens is 966 g/mol. The van der Waals surface area contributed by atoms with E-state index in [1.807, 2.05) is 0 Å². The molecule has 3 aliphatic heterocycles. The van der Waals surface area contributed by atoms with Gasteiger partial charge in [-0.05, 0) is 162 Å². The van der Waals surface area contributed by atoms with Crippen LogP contribution in [0.3, 0.4) is 0 Å². The number of benzene rings is 9. The Morgan fingerprint density at radius 1 is 0.375 bits per heavy atom. The topological polar surface area (TPSA) is 9.72 Å². The van der Waals surface area contributed by atoms with Gasteiger partial charge in [-0.15, -0.1) is 0 Å². The van der Waals surface area contributed by atoms with E-state index in [0.29, 0.717) is 0 Å². The van der Waals surface area contributed by atoms with Crippen LogP contribution in [0.2, 0.25) is 0 Å². The van der Waals surface area contributed by atoms with Crippen LogP contribution in [-0.4, -0.2) is 6.71 Å². The first-order valence-corrected chi connectivity index (χ1v) is 29.4. The molecule has 3 nitrogen and oxygen atoms in total. The van der Waals surface area contributed by atoms with Crippen LogP contribution in [0, 0.1) is 0 Å². The zero-order valence-corrected chi connectivity index (χ0v) is 49.8. The standard InChI is InChI=1S/C76H78BN3/c1-71(2,3)52-35-39-63(57(43-52)49-25-17-15-18-26-49)78-66-45-54(73(7,8)9)33-37-61(66)77-62-38-34-55(74(10,11)12)46-67(62)79(64-40-36-53(72(4,5)6)44-58(64)50-27-19-16-20-28-50)69-48-56(47-68(78)70(69)77)80-65-32-24-23-31-60(65)75(13)42-41-51-29-21-22-30-59(51)76(75,80)14/h15-40,43-48H,41-42H2,1-14H3. The molecule has 0 bridgehead atoms. The third kappa shape index (κ3) is 7.89. The molecule has 0 radical (unpaired) electrons. The highest BCUT2D eigenvalue weighted by Crippen LogP contribution is 2.64. The fourth-order valence-corrected chi connectivity index (χ4v) is 14.3. The summed E-state index contributed by atoms with van der Waals surface area (Å²) in [5.41, 5.74) is 27.1. The summed E-state index contributed by atoms with van der Waals surface area (Å²) in [5.74, 6) is 0. The van der Waals surface area contributed by atoms with E-state index < -0.39 is 5.54 Å². The Kier molecular flexibility index (Phi) is 11.7. The fraction of sp³-hybridized carbons (Fsp3) is 0.289. The molecular formula is C76H78BN3. The average molecular weight is 1040 g/mol. The van der Waals surface area contributed by atoms with Gasteiger partial charge in [0.2, 0.25) is 0 Å². The van der Waals surface area contributed by atoms with Crippen molar-refractivity contribution in [1.29, 1.82) is 0 Å². The largest absolute Gasteiger partial charge is 0.330 e. The maximum absolute atomic E-state index is 2.78. The minimum absolute atomic E-state index is 0.0674. The second-order valence-electron chi connectivity index (χ2n) is 28.2. The van der Waals surface area contributed by atoms with Gasteiger partial charge in [0.05, 0.1) is 16.9 Å². The van der Waals surface area contributed by atoms with E-state index in [9.17, 15) is 0 Å². The molecule has 80 heavy (non-hydrogen) atoms. The third-order valence-electron chi connectivity index (χ3n) is 19.1. The van der Waals surface area contributed by atoms with Gasteiger partial charge < -0.3 is 14.7 Å². The van der Waals surface area contributed by atoms with Crippen molar-refractivity contribution in [1.82, 2.24) is 0 Å². The van der Waals surface area contributed by atoms with Crippen molar-refractivity contribution in [3.05, 3.63) is 233 Å². The van der Waals surface area contributed by atoms with Crippen molar-refractivity contribution >= 4 is 68.6 Å². The molecule has 9 aromatic rings. The predicted molar refractivity (Wildman–Crippen MR) is 344 cm³/mol. The smallest absolute Gasteiger partial charge is 0.252 e. The molecule has 2 unspecified atom stereocenters. The Hall–Kier alpha value is -7.56. The molecule has 0 spiro atoms. The first-order chi connectivity index (χ1) is 38.0. The molecule has 4 heteroatoms. The van der Waals surface area contributed by atoms with Crippen molar-refractivity contribution < 1.29 is 0 Å². The molecule has 13 rings (SSSR count). The van der Waals surface area contributed by atoms with Crippen LogP contribution >= 0.6 is 0 Å². The van der Waals surface area contributed by atoms with Crippen molar-refractivity contribution in [2.24, 2.45) is 0 Å². The number of anilines is 8. The van der Waals surface area contributed by atoms with Gasteiger partial charge in [-0.2, -0.15) is 0 Å². The summed E-state index contributed by atoms with van der Waals surface area (Å²) in [6.07, 6.45) is 2.10. The van der Waals surface area contributed by atoms with E-state index in [-0.39, 0.29) is 33.8 Å². The molecule has 9 aromatic carbocycles. The number of hydrogen-bond acceptors (Lipinski definition) is 3. The summed E-state index contributed by atoms with van der Waals surface area (Å²) in [4.78, 5) is 8.18. The Bertz CT molecular complexity index is 3740. The van der Waals surface area contributed by atoms with Gasteiger partial charge in [-0.25, -0.2) is 0 Å². The van der Waals surface area contributed by atoms with E-state index in [2.05, 4.69) is 306 Å². The number of para-hydroxylation sites is 1. The maximum atomic E-state index is 2.78. The van der Waals surface area contributed by atoms with Gasteiger partial charge >= 0.3 is 0 Å². The highest BCUT2D eigenvalue weighted by atomic mass is 15.3. The summed E-state index contributed by atoms with van der Waals surface area (Å²) in [7, 11) is 0. The number of fused-ring (bicyclic) bond motifs is 9. The molecule has 4 aliphatic rings. The van der Waals surface area contributed by atoms with Crippen LogP contribution in [0.5, 0.6) is 0 Å². The minimum atomic E-state index is -0.424. The van der Waals surface area contributed by atoms with E-state index in [1.165, 1.54) is 123 Å². The minimum Gasteiger partial charge on any atom is -0.330 e. The van der Waals surface area contributed by atoms with Crippen molar-refractivity contribution in [2.45, 2.75) is 142 Å².